The van der Waals surface area contributed by atoms with Crippen LogP contribution >= 0.6 is 23.2 Å². The van der Waals surface area contributed by atoms with Gasteiger partial charge in [0.05, 0.1) is 28.6 Å². The van der Waals surface area contributed by atoms with Gasteiger partial charge in [-0.25, -0.2) is 4.79 Å². The Labute approximate surface area is 276 Å². The minimum Gasteiger partial charge on any atom is -0.494 e. The quantitative estimate of drug-likeness (QED) is 0.0992. The maximum Gasteiger partial charge on any atom is 0.335 e. The van der Waals surface area contributed by atoms with Crippen molar-refractivity contribution in [1.29, 1.82) is 0 Å². The van der Waals surface area contributed by atoms with Gasteiger partial charge in [0.25, 0.3) is 0 Å². The molecule has 0 saturated heterocycles. The van der Waals surface area contributed by atoms with Gasteiger partial charge < -0.3 is 20.5 Å². The third-order valence-corrected chi connectivity index (χ3v) is 9.02. The Morgan fingerprint density at radius 3 is 2.29 bits per heavy atom. The summed E-state index contributed by atoms with van der Waals surface area (Å²) in [6, 6.07) is 15.1. The predicted octanol–water partition coefficient (Wildman–Crippen LogP) is 8.75. The third-order valence-electron chi connectivity index (χ3n) is 8.10. The van der Waals surface area contributed by atoms with E-state index in [1.807, 2.05) is 69.9 Å². The van der Waals surface area contributed by atoms with Gasteiger partial charge in [0.1, 0.15) is 5.75 Å². The van der Waals surface area contributed by atoms with Crippen molar-refractivity contribution in [2.45, 2.75) is 53.5 Å². The van der Waals surface area contributed by atoms with Crippen LogP contribution in [0.2, 0.25) is 10.0 Å². The molecule has 0 aliphatic rings. The second-order valence-electron chi connectivity index (χ2n) is 11.5. The topological polar surface area (TPSA) is 88.4 Å². The number of nitrogens with zero attached hydrogens (tertiary/aromatic N) is 2. The number of carboxylic acid groups (broad SMARTS) is 1. The zero-order valence-corrected chi connectivity index (χ0v) is 28.5. The fourth-order valence-electron chi connectivity index (χ4n) is 5.42. The molecular weight excluding hydrogens is 607 g/mol. The molecule has 3 N–H and O–H groups in total. The molecule has 4 aromatic rings. The van der Waals surface area contributed by atoms with Gasteiger partial charge in [-0.15, -0.1) is 0 Å². The minimum atomic E-state index is -0.953. The SMILES string of the molecule is CNC(C)CNc1c(/C(=C/c2ccc(C(=O)O)cc2)CCCOc2cc(C)c(Cl)c(C)c2)ccc(Cl)c1-c1c(C)nn(C)c1C. The molecule has 9 heteroatoms. The molecule has 0 saturated carbocycles. The molecule has 0 aliphatic carbocycles. The number of hydrogen-bond acceptors (Lipinski definition) is 5. The summed E-state index contributed by atoms with van der Waals surface area (Å²) in [7, 11) is 3.88. The molecule has 0 bridgehead atoms. The molecule has 1 aromatic heterocycles. The highest BCUT2D eigenvalue weighted by atomic mass is 35.5. The van der Waals surface area contributed by atoms with E-state index in [9.17, 15) is 9.90 Å². The Bertz CT molecular complexity index is 1690. The van der Waals surface area contributed by atoms with Crippen LogP contribution in [0, 0.1) is 27.7 Å². The van der Waals surface area contributed by atoms with Gasteiger partial charge in [-0.3, -0.25) is 4.68 Å². The summed E-state index contributed by atoms with van der Waals surface area (Å²) in [4.78, 5) is 11.5. The monoisotopic (exact) mass is 648 g/mol. The van der Waals surface area contributed by atoms with Crippen LogP contribution in [-0.2, 0) is 7.05 Å². The molecule has 0 fully saturated rings. The summed E-state index contributed by atoms with van der Waals surface area (Å²) in [6.07, 6.45) is 3.56. The number of rotatable bonds is 13. The number of aromatic carboxylic acids is 1. The number of ether oxygens (including phenoxy) is 1. The van der Waals surface area contributed by atoms with Crippen molar-refractivity contribution in [1.82, 2.24) is 15.1 Å². The Morgan fingerprint density at radius 1 is 1.04 bits per heavy atom. The number of halogens is 2. The van der Waals surface area contributed by atoms with E-state index in [2.05, 4.69) is 41.7 Å². The summed E-state index contributed by atoms with van der Waals surface area (Å²) in [5, 5.41) is 22.5. The molecule has 0 spiro atoms. The molecule has 0 radical (unpaired) electrons. The van der Waals surface area contributed by atoms with Gasteiger partial charge in [-0.05, 0) is 107 Å². The van der Waals surface area contributed by atoms with E-state index in [1.165, 1.54) is 0 Å². The van der Waals surface area contributed by atoms with Crippen molar-refractivity contribution in [2.75, 3.05) is 25.5 Å². The number of nitrogens with one attached hydrogen (secondary N) is 2. The van der Waals surface area contributed by atoms with Crippen molar-refractivity contribution < 1.29 is 14.6 Å². The first-order valence-corrected chi connectivity index (χ1v) is 15.8. The lowest BCUT2D eigenvalue weighted by Gasteiger charge is -2.22. The summed E-state index contributed by atoms with van der Waals surface area (Å²) >= 11 is 13.3. The van der Waals surface area contributed by atoms with E-state index in [-0.39, 0.29) is 11.6 Å². The lowest BCUT2D eigenvalue weighted by atomic mass is 9.91. The number of carbonyl (C=O) groups is 1. The minimum absolute atomic E-state index is 0.205. The standard InChI is InChI=1S/C36H42Cl2N4O3/c1-21-17-29(18-22(2)34(21)38)45-16-8-9-28(19-26-10-12-27(13-11-26)36(43)44)30-14-15-31(37)33(35(30)40-20-23(3)39-6)32-24(4)41-42(7)25(32)5/h10-15,17-19,23,39-40H,8-9,16,20H2,1-7H3,(H,43,44)/b28-19+. The van der Waals surface area contributed by atoms with Crippen LogP contribution in [0.5, 0.6) is 5.75 Å². The van der Waals surface area contributed by atoms with Crippen LogP contribution in [0.25, 0.3) is 22.8 Å². The van der Waals surface area contributed by atoms with Gasteiger partial charge in [-0.1, -0.05) is 47.5 Å². The zero-order chi connectivity index (χ0) is 32.8. The molecular formula is C36H42Cl2N4O3. The first-order chi connectivity index (χ1) is 21.4. The van der Waals surface area contributed by atoms with Crippen molar-refractivity contribution >= 4 is 46.5 Å². The Balaban J connectivity index is 1.79. The second kappa shape index (κ2) is 15.0. The van der Waals surface area contributed by atoms with Gasteiger partial charge >= 0.3 is 5.97 Å². The molecule has 4 rings (SSSR count). The molecule has 238 valence electrons. The molecule has 45 heavy (non-hydrogen) atoms. The number of aryl methyl sites for hydroxylation is 4. The summed E-state index contributed by atoms with van der Waals surface area (Å²) in [6.45, 7) is 11.3. The zero-order valence-electron chi connectivity index (χ0n) is 27.0. The van der Waals surface area contributed by atoms with Crippen molar-refractivity contribution in [3.8, 4) is 16.9 Å². The number of allylic oxidation sites excluding steroid dienone is 1. The van der Waals surface area contributed by atoms with Crippen LogP contribution in [0.15, 0.2) is 48.5 Å². The Hall–Kier alpha value is -3.78. The first-order valence-electron chi connectivity index (χ1n) is 15.1. The third kappa shape index (κ3) is 8.09. The summed E-state index contributed by atoms with van der Waals surface area (Å²) in [5.74, 6) is -0.158. The average molecular weight is 650 g/mol. The largest absolute Gasteiger partial charge is 0.494 e. The highest BCUT2D eigenvalue weighted by Crippen LogP contribution is 2.43. The van der Waals surface area contributed by atoms with Gasteiger partial charge in [0, 0.05) is 47.0 Å². The Kier molecular flexibility index (Phi) is 11.4. The Morgan fingerprint density at radius 2 is 1.71 bits per heavy atom. The van der Waals surface area contributed by atoms with Crippen LogP contribution in [0.4, 0.5) is 5.69 Å². The fourth-order valence-corrected chi connectivity index (χ4v) is 5.78. The summed E-state index contributed by atoms with van der Waals surface area (Å²) in [5.41, 5.74) is 9.97. The van der Waals surface area contributed by atoms with Gasteiger partial charge in [-0.2, -0.15) is 5.10 Å². The second-order valence-corrected chi connectivity index (χ2v) is 12.3. The summed E-state index contributed by atoms with van der Waals surface area (Å²) < 4.78 is 8.05. The van der Waals surface area contributed by atoms with Crippen LogP contribution in [-0.4, -0.2) is 47.1 Å². The average Bonchev–Trinajstić information content (AvgIpc) is 3.26. The van der Waals surface area contributed by atoms with E-state index in [4.69, 9.17) is 27.9 Å². The van der Waals surface area contributed by atoms with Crippen molar-refractivity contribution in [2.24, 2.45) is 7.05 Å². The van der Waals surface area contributed by atoms with E-state index < -0.39 is 5.97 Å². The molecule has 1 heterocycles. The van der Waals surface area contributed by atoms with E-state index >= 15 is 0 Å². The van der Waals surface area contributed by atoms with Gasteiger partial charge in [0.15, 0.2) is 0 Å². The predicted molar refractivity (Wildman–Crippen MR) is 187 cm³/mol. The number of aromatic nitrogens is 2. The number of anilines is 1. The lowest BCUT2D eigenvalue weighted by molar-refractivity contribution is 0.0697. The number of benzene rings is 3. The molecule has 7 nitrogen and oxygen atoms in total. The highest BCUT2D eigenvalue weighted by Gasteiger charge is 2.23. The number of hydrogen-bond donors (Lipinski definition) is 3. The fraction of sp³-hybridized carbons (Fsp3) is 0.333. The van der Waals surface area contributed by atoms with Crippen molar-refractivity contribution in [3.05, 3.63) is 97.8 Å². The van der Waals surface area contributed by atoms with Gasteiger partial charge in [0.2, 0.25) is 0 Å². The van der Waals surface area contributed by atoms with Crippen LogP contribution in [0.3, 0.4) is 0 Å². The number of likely N-dealkylation sites (N-methyl/N-ethyl adjacent to an activating group) is 1. The van der Waals surface area contributed by atoms with Crippen molar-refractivity contribution in [3.63, 3.8) is 0 Å². The van der Waals surface area contributed by atoms with E-state index in [1.54, 1.807) is 12.1 Å². The number of carboxylic acids is 1. The maximum atomic E-state index is 11.5. The normalized spacial score (nSPS) is 12.3. The smallest absolute Gasteiger partial charge is 0.335 e. The molecule has 3 aromatic carbocycles. The van der Waals surface area contributed by atoms with E-state index in [0.717, 1.165) is 73.2 Å². The lowest BCUT2D eigenvalue weighted by Crippen LogP contribution is -2.29. The molecule has 0 aliphatic heterocycles. The highest BCUT2D eigenvalue weighted by molar-refractivity contribution is 6.34. The molecule has 1 atom stereocenters. The van der Waals surface area contributed by atoms with Crippen LogP contribution in [0.1, 0.15) is 63.8 Å². The maximum absolute atomic E-state index is 11.5. The molecule has 0 amide bonds. The van der Waals surface area contributed by atoms with E-state index in [0.29, 0.717) is 24.6 Å². The molecule has 1 unspecified atom stereocenters. The first kappa shape index (κ1) is 34.1. The van der Waals surface area contributed by atoms with Crippen LogP contribution < -0.4 is 15.4 Å².